The second-order valence-corrected chi connectivity index (χ2v) is 5.11. The van der Waals surface area contributed by atoms with Gasteiger partial charge in [-0.1, -0.05) is 37.3 Å². The highest BCUT2D eigenvalue weighted by molar-refractivity contribution is 5.82. The van der Waals surface area contributed by atoms with Crippen molar-refractivity contribution in [1.82, 2.24) is 15.2 Å². The number of carbonyl (C=O) groups is 1. The average molecular weight is 278 g/mol. The van der Waals surface area contributed by atoms with Crippen LogP contribution in [0.4, 0.5) is 0 Å². The molecule has 1 aromatic carbocycles. The van der Waals surface area contributed by atoms with Gasteiger partial charge in [0.25, 0.3) is 5.91 Å². The van der Waals surface area contributed by atoms with E-state index in [1.807, 2.05) is 30.3 Å². The van der Waals surface area contributed by atoms with E-state index < -0.39 is 0 Å². The quantitative estimate of drug-likeness (QED) is 0.423. The van der Waals surface area contributed by atoms with Crippen molar-refractivity contribution in [3.8, 4) is 0 Å². The van der Waals surface area contributed by atoms with E-state index in [9.17, 15) is 4.79 Å². The molecule has 0 aliphatic carbocycles. The van der Waals surface area contributed by atoms with Gasteiger partial charge in [0.05, 0.1) is 0 Å². The summed E-state index contributed by atoms with van der Waals surface area (Å²) < 4.78 is 0. The van der Waals surface area contributed by atoms with Gasteiger partial charge < -0.3 is 4.90 Å². The number of hydrazine groups is 1. The molecular formula is C15H26N4O. The average Bonchev–Trinajstić information content (AvgIpc) is 2.46. The monoisotopic (exact) mass is 278 g/mol. The third-order valence-electron chi connectivity index (χ3n) is 3.33. The zero-order valence-corrected chi connectivity index (χ0v) is 12.7. The lowest BCUT2D eigenvalue weighted by molar-refractivity contribution is -0.126. The van der Waals surface area contributed by atoms with Crippen LogP contribution in [0.5, 0.6) is 0 Å². The summed E-state index contributed by atoms with van der Waals surface area (Å²) in [7, 11) is 4.11. The lowest BCUT2D eigenvalue weighted by atomic mass is 10.0. The van der Waals surface area contributed by atoms with Crippen LogP contribution in [0.25, 0.3) is 0 Å². The van der Waals surface area contributed by atoms with Crippen LogP contribution in [0.15, 0.2) is 30.3 Å². The van der Waals surface area contributed by atoms with Crippen molar-refractivity contribution in [1.29, 1.82) is 0 Å². The molecule has 0 saturated heterocycles. The Bertz CT molecular complexity index is 394. The molecule has 0 aromatic heterocycles. The molecule has 0 saturated carbocycles. The first-order chi connectivity index (χ1) is 9.60. The molecule has 1 rings (SSSR count). The van der Waals surface area contributed by atoms with Crippen molar-refractivity contribution in [2.45, 2.75) is 19.4 Å². The fraction of sp³-hybridized carbons (Fsp3) is 0.533. The van der Waals surface area contributed by atoms with Crippen molar-refractivity contribution in [2.75, 3.05) is 33.7 Å². The van der Waals surface area contributed by atoms with Gasteiger partial charge in [0.15, 0.2) is 0 Å². The van der Waals surface area contributed by atoms with Crippen LogP contribution in [0.2, 0.25) is 0 Å². The molecule has 5 nitrogen and oxygen atoms in total. The highest BCUT2D eigenvalue weighted by Crippen LogP contribution is 2.20. The fourth-order valence-electron chi connectivity index (χ4n) is 2.30. The van der Waals surface area contributed by atoms with Crippen LogP contribution < -0.4 is 11.3 Å². The molecule has 0 fully saturated rings. The normalized spacial score (nSPS) is 12.7. The van der Waals surface area contributed by atoms with Gasteiger partial charge in [-0.25, -0.2) is 5.84 Å². The van der Waals surface area contributed by atoms with Crippen LogP contribution in [-0.4, -0.2) is 49.4 Å². The van der Waals surface area contributed by atoms with E-state index in [4.69, 9.17) is 5.84 Å². The summed E-state index contributed by atoms with van der Waals surface area (Å²) in [5, 5.41) is 0. The number of nitrogens with zero attached hydrogens (tertiary/aromatic N) is 2. The van der Waals surface area contributed by atoms with Crippen molar-refractivity contribution in [3.63, 3.8) is 0 Å². The van der Waals surface area contributed by atoms with E-state index in [1.54, 1.807) is 0 Å². The predicted molar refractivity (Wildman–Crippen MR) is 81.9 cm³/mol. The second-order valence-electron chi connectivity index (χ2n) is 5.11. The molecule has 0 aliphatic heterocycles. The lowest BCUT2D eigenvalue weighted by Crippen LogP contribution is -2.44. The minimum absolute atomic E-state index is 0.164. The zero-order chi connectivity index (χ0) is 15.0. The van der Waals surface area contributed by atoms with Gasteiger partial charge in [0, 0.05) is 6.54 Å². The van der Waals surface area contributed by atoms with Crippen molar-refractivity contribution in [3.05, 3.63) is 35.9 Å². The molecule has 0 spiro atoms. The molecule has 0 bridgehead atoms. The van der Waals surface area contributed by atoms with Gasteiger partial charge in [-0.2, -0.15) is 0 Å². The number of benzene rings is 1. The third-order valence-corrected chi connectivity index (χ3v) is 3.33. The number of hydrogen-bond donors (Lipinski definition) is 2. The van der Waals surface area contributed by atoms with E-state index in [0.717, 1.165) is 31.6 Å². The van der Waals surface area contributed by atoms with Gasteiger partial charge in [0.2, 0.25) is 0 Å². The van der Waals surface area contributed by atoms with Crippen LogP contribution in [0, 0.1) is 0 Å². The Morgan fingerprint density at radius 3 is 2.40 bits per heavy atom. The van der Waals surface area contributed by atoms with Crippen LogP contribution in [0.1, 0.15) is 24.9 Å². The van der Waals surface area contributed by atoms with Gasteiger partial charge >= 0.3 is 0 Å². The summed E-state index contributed by atoms with van der Waals surface area (Å²) in [5.74, 6) is 5.18. The molecule has 112 valence electrons. The number of likely N-dealkylation sites (N-methyl/N-ethyl adjacent to an activating group) is 1. The van der Waals surface area contributed by atoms with E-state index in [-0.39, 0.29) is 11.9 Å². The largest absolute Gasteiger partial charge is 0.309 e. The van der Waals surface area contributed by atoms with E-state index in [1.165, 1.54) is 0 Å². The van der Waals surface area contributed by atoms with Crippen molar-refractivity contribution in [2.24, 2.45) is 5.84 Å². The van der Waals surface area contributed by atoms with Gasteiger partial charge in [-0.05, 0) is 39.2 Å². The number of nitrogens with two attached hydrogens (primary N) is 1. The lowest BCUT2D eigenvalue weighted by Gasteiger charge is -2.30. The van der Waals surface area contributed by atoms with Gasteiger partial charge in [-0.15, -0.1) is 0 Å². The number of carbonyl (C=O) groups excluding carboxylic acids is 1. The maximum absolute atomic E-state index is 12.1. The molecule has 1 aromatic rings. The van der Waals surface area contributed by atoms with E-state index in [2.05, 4.69) is 36.2 Å². The van der Waals surface area contributed by atoms with Crippen molar-refractivity contribution < 1.29 is 4.79 Å². The first-order valence-corrected chi connectivity index (χ1v) is 7.04. The molecule has 1 unspecified atom stereocenters. The maximum Gasteiger partial charge on any atom is 0.255 e. The van der Waals surface area contributed by atoms with Gasteiger partial charge in [0.1, 0.15) is 6.04 Å². The van der Waals surface area contributed by atoms with E-state index >= 15 is 0 Å². The summed E-state index contributed by atoms with van der Waals surface area (Å²) in [6.45, 7) is 4.74. The predicted octanol–water partition coefficient (Wildman–Crippen LogP) is 0.991. The third kappa shape index (κ3) is 4.92. The molecule has 0 aliphatic rings. The Balaban J connectivity index is 2.82. The molecule has 3 N–H and O–H groups in total. The Hall–Kier alpha value is -1.43. The Morgan fingerprint density at radius 1 is 1.25 bits per heavy atom. The smallest absolute Gasteiger partial charge is 0.255 e. The standard InChI is InChI=1S/C15H26N4O/c1-4-19(12-8-11-18(2)3)14(15(20)17-16)13-9-6-5-7-10-13/h5-7,9-10,14H,4,8,11-12,16H2,1-3H3,(H,17,20). The minimum atomic E-state index is -0.326. The molecule has 20 heavy (non-hydrogen) atoms. The Morgan fingerprint density at radius 2 is 1.90 bits per heavy atom. The first-order valence-electron chi connectivity index (χ1n) is 7.04. The maximum atomic E-state index is 12.1. The molecule has 1 atom stereocenters. The SMILES string of the molecule is CCN(CCCN(C)C)C(C(=O)NN)c1ccccc1. The highest BCUT2D eigenvalue weighted by Gasteiger charge is 2.25. The summed E-state index contributed by atoms with van der Waals surface area (Å²) in [6, 6.07) is 9.44. The molecule has 0 radical (unpaired) electrons. The Kier molecular flexibility index (Phi) is 7.22. The second kappa shape index (κ2) is 8.68. The van der Waals surface area contributed by atoms with Crippen LogP contribution >= 0.6 is 0 Å². The first kappa shape index (κ1) is 16.6. The van der Waals surface area contributed by atoms with Gasteiger partial charge in [-0.3, -0.25) is 15.1 Å². The minimum Gasteiger partial charge on any atom is -0.309 e. The zero-order valence-electron chi connectivity index (χ0n) is 12.7. The number of amides is 1. The Labute approximate surface area is 121 Å². The summed E-state index contributed by atoms with van der Waals surface area (Å²) in [4.78, 5) is 16.4. The highest BCUT2D eigenvalue weighted by atomic mass is 16.2. The van der Waals surface area contributed by atoms with Crippen molar-refractivity contribution >= 4 is 5.91 Å². The van der Waals surface area contributed by atoms with Crippen LogP contribution in [0.3, 0.4) is 0 Å². The molecular weight excluding hydrogens is 252 g/mol. The fourth-order valence-corrected chi connectivity index (χ4v) is 2.30. The number of nitrogens with one attached hydrogen (secondary N) is 1. The molecule has 5 heteroatoms. The number of hydrogen-bond acceptors (Lipinski definition) is 4. The summed E-state index contributed by atoms with van der Waals surface area (Å²) in [5.41, 5.74) is 3.26. The summed E-state index contributed by atoms with van der Waals surface area (Å²) >= 11 is 0. The number of rotatable bonds is 8. The summed E-state index contributed by atoms with van der Waals surface area (Å²) in [6.07, 6.45) is 1.02. The molecule has 0 heterocycles. The topological polar surface area (TPSA) is 61.6 Å². The van der Waals surface area contributed by atoms with E-state index in [0.29, 0.717) is 0 Å². The molecule has 1 amide bonds. The van der Waals surface area contributed by atoms with Crippen LogP contribution in [-0.2, 0) is 4.79 Å².